The first-order valence-electron chi connectivity index (χ1n) is 2.98. The van der Waals surface area contributed by atoms with E-state index in [0.717, 1.165) is 0 Å². The lowest BCUT2D eigenvalue weighted by Crippen LogP contribution is -2.20. The second kappa shape index (κ2) is 2.93. The van der Waals surface area contributed by atoms with Crippen LogP contribution in [0, 0.1) is 0 Å². The Hall–Kier alpha value is -0.0200. The fourth-order valence-electron chi connectivity index (χ4n) is 0.775. The minimum absolute atomic E-state index is 0.487. The van der Waals surface area contributed by atoms with Gasteiger partial charge in [-0.15, -0.1) is 4.52 Å². The zero-order valence-corrected chi connectivity index (χ0v) is 6.89. The molecule has 5 heteroatoms. The highest BCUT2D eigenvalue weighted by Gasteiger charge is 2.52. The topological polar surface area (TPSA) is 44.8 Å². The SMILES string of the molecule is CO[P+](=O)C1(C)OCCO1. The van der Waals surface area contributed by atoms with Gasteiger partial charge in [-0.2, -0.15) is 0 Å². The standard InChI is InChI=1S/C5H10O4P/c1-5(10(6)7-2)8-3-4-9-5/h3-4H2,1-2H3/q+1. The molecular formula is C5H10O4P+. The van der Waals surface area contributed by atoms with Crippen molar-refractivity contribution in [2.45, 2.75) is 12.5 Å². The van der Waals surface area contributed by atoms with Crippen molar-refractivity contribution in [3.05, 3.63) is 0 Å². The number of hydrogen-bond acceptors (Lipinski definition) is 4. The average molecular weight is 165 g/mol. The van der Waals surface area contributed by atoms with Gasteiger partial charge in [0.25, 0.3) is 0 Å². The molecule has 1 heterocycles. The molecule has 4 nitrogen and oxygen atoms in total. The van der Waals surface area contributed by atoms with Crippen LogP contribution in [-0.4, -0.2) is 25.9 Å². The fraction of sp³-hybridized carbons (Fsp3) is 1.00. The van der Waals surface area contributed by atoms with Crippen molar-refractivity contribution < 1.29 is 18.6 Å². The minimum atomic E-state index is -1.86. The third kappa shape index (κ3) is 1.35. The summed E-state index contributed by atoms with van der Waals surface area (Å²) in [6, 6.07) is 0. The van der Waals surface area contributed by atoms with Gasteiger partial charge >= 0.3 is 13.6 Å². The lowest BCUT2D eigenvalue weighted by molar-refractivity contribution is -0.0749. The van der Waals surface area contributed by atoms with Crippen molar-refractivity contribution in [2.75, 3.05) is 20.3 Å². The van der Waals surface area contributed by atoms with E-state index in [1.54, 1.807) is 6.92 Å². The van der Waals surface area contributed by atoms with Gasteiger partial charge in [-0.1, -0.05) is 0 Å². The Bertz CT molecular complexity index is 141. The van der Waals surface area contributed by atoms with Crippen LogP contribution in [0.1, 0.15) is 6.92 Å². The molecule has 1 rings (SSSR count). The van der Waals surface area contributed by atoms with Crippen LogP contribution in [0.25, 0.3) is 0 Å². The molecule has 0 aromatic carbocycles. The van der Waals surface area contributed by atoms with E-state index in [9.17, 15) is 4.57 Å². The monoisotopic (exact) mass is 165 g/mol. The van der Waals surface area contributed by atoms with Crippen molar-refractivity contribution in [1.29, 1.82) is 0 Å². The first-order valence-corrected chi connectivity index (χ1v) is 4.16. The Kier molecular flexibility index (Phi) is 2.36. The lowest BCUT2D eigenvalue weighted by atomic mass is 10.8. The molecule has 0 bridgehead atoms. The molecule has 0 amide bonds. The summed E-state index contributed by atoms with van der Waals surface area (Å²) in [4.78, 5) is 0. The van der Waals surface area contributed by atoms with E-state index in [1.807, 2.05) is 0 Å². The van der Waals surface area contributed by atoms with Crippen LogP contribution in [0.5, 0.6) is 0 Å². The van der Waals surface area contributed by atoms with Gasteiger partial charge in [-0.25, -0.2) is 0 Å². The molecule has 1 fully saturated rings. The molecular weight excluding hydrogens is 155 g/mol. The van der Waals surface area contributed by atoms with Crippen LogP contribution in [0.2, 0.25) is 0 Å². The zero-order chi connectivity index (χ0) is 7.61. The molecule has 0 spiro atoms. The lowest BCUT2D eigenvalue weighted by Gasteiger charge is -2.06. The summed E-state index contributed by atoms with van der Waals surface area (Å²) < 4.78 is 25.7. The second-order valence-corrected chi connectivity index (χ2v) is 3.73. The first-order chi connectivity index (χ1) is 4.69. The van der Waals surface area contributed by atoms with E-state index in [2.05, 4.69) is 4.52 Å². The molecule has 0 radical (unpaired) electrons. The fourth-order valence-corrected chi connectivity index (χ4v) is 1.50. The summed E-state index contributed by atoms with van der Waals surface area (Å²) in [6.07, 6.45) is 0. The van der Waals surface area contributed by atoms with Gasteiger partial charge in [0.2, 0.25) is 0 Å². The Morgan fingerprint density at radius 3 is 2.40 bits per heavy atom. The number of ether oxygens (including phenoxy) is 2. The van der Waals surface area contributed by atoms with Crippen LogP contribution >= 0.6 is 8.03 Å². The van der Waals surface area contributed by atoms with Crippen molar-refractivity contribution in [1.82, 2.24) is 0 Å². The van der Waals surface area contributed by atoms with E-state index in [1.165, 1.54) is 7.11 Å². The van der Waals surface area contributed by atoms with Crippen molar-refractivity contribution in [3.63, 3.8) is 0 Å². The summed E-state index contributed by atoms with van der Waals surface area (Å²) in [6.45, 7) is 2.59. The van der Waals surface area contributed by atoms with E-state index in [0.29, 0.717) is 13.2 Å². The highest BCUT2D eigenvalue weighted by molar-refractivity contribution is 7.40. The largest absolute Gasteiger partial charge is 0.575 e. The molecule has 1 aliphatic heterocycles. The van der Waals surface area contributed by atoms with Gasteiger partial charge in [0.1, 0.15) is 0 Å². The van der Waals surface area contributed by atoms with Crippen molar-refractivity contribution in [3.8, 4) is 0 Å². The zero-order valence-electron chi connectivity index (χ0n) is 5.99. The molecule has 1 unspecified atom stereocenters. The Balaban J connectivity index is 2.58. The summed E-state index contributed by atoms with van der Waals surface area (Å²) in [5, 5.41) is 0. The maximum Gasteiger partial charge on any atom is 0.575 e. The summed E-state index contributed by atoms with van der Waals surface area (Å²) in [5.74, 6) is 0. The molecule has 0 aromatic heterocycles. The van der Waals surface area contributed by atoms with Gasteiger partial charge in [0.15, 0.2) is 0 Å². The van der Waals surface area contributed by atoms with Gasteiger partial charge in [0, 0.05) is 6.92 Å². The molecule has 58 valence electrons. The third-order valence-corrected chi connectivity index (χ3v) is 2.57. The smallest absolute Gasteiger partial charge is 0.306 e. The summed E-state index contributed by atoms with van der Waals surface area (Å²) >= 11 is 0. The molecule has 1 atom stereocenters. The Morgan fingerprint density at radius 1 is 1.50 bits per heavy atom. The van der Waals surface area contributed by atoms with Crippen LogP contribution in [0.15, 0.2) is 0 Å². The molecule has 0 saturated carbocycles. The van der Waals surface area contributed by atoms with Crippen LogP contribution < -0.4 is 0 Å². The molecule has 0 aromatic rings. The molecule has 1 saturated heterocycles. The number of rotatable bonds is 2. The Morgan fingerprint density at radius 2 is 2.00 bits per heavy atom. The third-order valence-electron chi connectivity index (χ3n) is 1.32. The van der Waals surface area contributed by atoms with Crippen molar-refractivity contribution >= 4 is 8.03 Å². The Labute approximate surface area is 60.3 Å². The van der Waals surface area contributed by atoms with Gasteiger partial charge < -0.3 is 9.47 Å². The van der Waals surface area contributed by atoms with Crippen LogP contribution in [0.3, 0.4) is 0 Å². The predicted molar refractivity (Wildman–Crippen MR) is 34.9 cm³/mol. The number of hydrogen-bond donors (Lipinski definition) is 0. The quantitative estimate of drug-likeness (QED) is 0.574. The van der Waals surface area contributed by atoms with E-state index in [-0.39, 0.29) is 0 Å². The molecule has 0 N–H and O–H groups in total. The van der Waals surface area contributed by atoms with Crippen molar-refractivity contribution in [2.24, 2.45) is 0 Å². The van der Waals surface area contributed by atoms with Gasteiger partial charge in [0.05, 0.1) is 20.3 Å². The molecule has 1 aliphatic rings. The maximum absolute atomic E-state index is 11.0. The van der Waals surface area contributed by atoms with Gasteiger partial charge in [-0.3, -0.25) is 0 Å². The highest BCUT2D eigenvalue weighted by atomic mass is 31.1. The normalized spacial score (nSPS) is 24.8. The molecule has 0 aliphatic carbocycles. The first kappa shape index (κ1) is 8.08. The van der Waals surface area contributed by atoms with E-state index in [4.69, 9.17) is 9.47 Å². The molecule has 10 heavy (non-hydrogen) atoms. The average Bonchev–Trinajstić information content (AvgIpc) is 2.36. The highest BCUT2D eigenvalue weighted by Crippen LogP contribution is 2.43. The second-order valence-electron chi connectivity index (χ2n) is 2.03. The van der Waals surface area contributed by atoms with Crippen LogP contribution in [0.4, 0.5) is 0 Å². The van der Waals surface area contributed by atoms with Crippen LogP contribution in [-0.2, 0) is 18.6 Å². The predicted octanol–water partition coefficient (Wildman–Crippen LogP) is 1.10. The summed E-state index contributed by atoms with van der Waals surface area (Å²) in [5.41, 5.74) is -1.01. The van der Waals surface area contributed by atoms with Gasteiger partial charge in [-0.05, 0) is 4.57 Å². The maximum atomic E-state index is 11.0. The van der Waals surface area contributed by atoms with E-state index >= 15 is 0 Å². The summed E-state index contributed by atoms with van der Waals surface area (Å²) in [7, 11) is -0.486. The van der Waals surface area contributed by atoms with E-state index < -0.39 is 13.6 Å². The minimum Gasteiger partial charge on any atom is -0.306 e.